The molecule has 6 heteroatoms. The Morgan fingerprint density at radius 2 is 1.92 bits per heavy atom. The molecule has 2 rings (SSSR count). The highest BCUT2D eigenvalue weighted by molar-refractivity contribution is 5.92. The van der Waals surface area contributed by atoms with Gasteiger partial charge in [-0.2, -0.15) is 0 Å². The van der Waals surface area contributed by atoms with Gasteiger partial charge in [-0.1, -0.05) is 13.8 Å². The number of nitrogens with one attached hydrogen (secondary N) is 1. The molecular formula is C19H32ClN3O2. The second-order valence-corrected chi connectivity index (χ2v) is 5.96. The number of benzene rings is 1. The lowest BCUT2D eigenvalue weighted by molar-refractivity contribution is 0.295. The van der Waals surface area contributed by atoms with Gasteiger partial charge in [-0.15, -0.1) is 12.4 Å². The molecule has 25 heavy (non-hydrogen) atoms. The molecule has 0 amide bonds. The molecule has 1 heterocycles. The second-order valence-electron chi connectivity index (χ2n) is 5.96. The predicted molar refractivity (Wildman–Crippen MR) is 109 cm³/mol. The molecule has 142 valence electrons. The van der Waals surface area contributed by atoms with Crippen molar-refractivity contribution in [1.82, 2.24) is 9.88 Å². The van der Waals surface area contributed by atoms with Crippen molar-refractivity contribution in [1.29, 1.82) is 0 Å². The number of fused-ring (bicyclic) bond motifs is 1. The van der Waals surface area contributed by atoms with Crippen LogP contribution in [0.4, 0.5) is 5.69 Å². The van der Waals surface area contributed by atoms with E-state index in [4.69, 9.17) is 4.74 Å². The van der Waals surface area contributed by atoms with Crippen molar-refractivity contribution in [2.45, 2.75) is 39.7 Å². The Kier molecular flexibility index (Phi) is 11.2. The zero-order valence-corrected chi connectivity index (χ0v) is 16.5. The van der Waals surface area contributed by atoms with Crippen LogP contribution in [-0.2, 0) is 0 Å². The zero-order valence-electron chi connectivity index (χ0n) is 15.7. The van der Waals surface area contributed by atoms with Gasteiger partial charge >= 0.3 is 0 Å². The average Bonchev–Trinajstić information content (AvgIpc) is 2.58. The maximum atomic E-state index is 5.34. The van der Waals surface area contributed by atoms with E-state index in [1.165, 1.54) is 13.0 Å². The first-order chi connectivity index (χ1) is 11.2. The third kappa shape index (κ3) is 6.69. The van der Waals surface area contributed by atoms with Crippen molar-refractivity contribution in [2.24, 2.45) is 0 Å². The molecule has 0 saturated carbocycles. The SMILES string of the molecule is CCN(CC)CCCC(C)Nc1ccnc2ccc(OC)cc12.Cl.O. The van der Waals surface area contributed by atoms with E-state index in [1.807, 2.05) is 30.5 Å². The van der Waals surface area contributed by atoms with E-state index in [1.54, 1.807) is 7.11 Å². The average molecular weight is 370 g/mol. The van der Waals surface area contributed by atoms with Gasteiger partial charge in [0.15, 0.2) is 0 Å². The summed E-state index contributed by atoms with van der Waals surface area (Å²) in [4.78, 5) is 6.90. The molecule has 0 bridgehead atoms. The molecule has 1 unspecified atom stereocenters. The quantitative estimate of drug-likeness (QED) is 0.730. The molecule has 5 nitrogen and oxygen atoms in total. The van der Waals surface area contributed by atoms with Crippen LogP contribution in [0.1, 0.15) is 33.6 Å². The summed E-state index contributed by atoms with van der Waals surface area (Å²) in [5.41, 5.74) is 2.12. The molecule has 1 aromatic carbocycles. The van der Waals surface area contributed by atoms with E-state index in [0.717, 1.165) is 41.9 Å². The summed E-state index contributed by atoms with van der Waals surface area (Å²) < 4.78 is 5.34. The first-order valence-corrected chi connectivity index (χ1v) is 8.59. The van der Waals surface area contributed by atoms with Crippen molar-refractivity contribution in [3.05, 3.63) is 30.5 Å². The number of rotatable bonds is 9. The monoisotopic (exact) mass is 369 g/mol. The van der Waals surface area contributed by atoms with Gasteiger partial charge in [0, 0.05) is 23.3 Å². The minimum Gasteiger partial charge on any atom is -0.497 e. The van der Waals surface area contributed by atoms with E-state index in [2.05, 4.69) is 36.0 Å². The number of methoxy groups -OCH3 is 1. The Labute approximate surface area is 157 Å². The van der Waals surface area contributed by atoms with Gasteiger partial charge in [-0.3, -0.25) is 4.98 Å². The standard InChI is InChI=1S/C19H29N3O.ClH.H2O/c1-5-22(6-2)13-7-8-15(3)21-19-11-12-20-18-10-9-16(23-4)14-17(18)19;;/h9-12,14-15H,5-8,13H2,1-4H3,(H,20,21);1H;1H2. The molecule has 1 aromatic heterocycles. The number of anilines is 1. The number of aromatic nitrogens is 1. The summed E-state index contributed by atoms with van der Waals surface area (Å²) in [7, 11) is 1.69. The van der Waals surface area contributed by atoms with Crippen molar-refractivity contribution >= 4 is 29.0 Å². The van der Waals surface area contributed by atoms with Crippen molar-refractivity contribution in [3.8, 4) is 5.75 Å². The molecule has 0 saturated heterocycles. The van der Waals surface area contributed by atoms with Gasteiger partial charge in [0.25, 0.3) is 0 Å². The van der Waals surface area contributed by atoms with Gasteiger partial charge in [-0.05, 0) is 63.7 Å². The van der Waals surface area contributed by atoms with Gasteiger partial charge in [0.1, 0.15) is 5.75 Å². The third-order valence-electron chi connectivity index (χ3n) is 4.36. The van der Waals surface area contributed by atoms with Crippen LogP contribution in [0.3, 0.4) is 0 Å². The van der Waals surface area contributed by atoms with Crippen LogP contribution in [0.15, 0.2) is 30.5 Å². The maximum absolute atomic E-state index is 5.34. The Morgan fingerprint density at radius 3 is 2.56 bits per heavy atom. The molecule has 0 fully saturated rings. The summed E-state index contributed by atoms with van der Waals surface area (Å²) in [6, 6.07) is 8.48. The Hall–Kier alpha value is -1.56. The van der Waals surface area contributed by atoms with Crippen LogP contribution in [0.25, 0.3) is 10.9 Å². The van der Waals surface area contributed by atoms with Crippen LogP contribution in [0, 0.1) is 0 Å². The third-order valence-corrected chi connectivity index (χ3v) is 4.36. The number of pyridine rings is 1. The van der Waals surface area contributed by atoms with E-state index >= 15 is 0 Å². The molecule has 3 N–H and O–H groups in total. The first-order valence-electron chi connectivity index (χ1n) is 8.59. The van der Waals surface area contributed by atoms with Crippen molar-refractivity contribution in [3.63, 3.8) is 0 Å². The smallest absolute Gasteiger partial charge is 0.119 e. The summed E-state index contributed by atoms with van der Waals surface area (Å²) in [5, 5.41) is 4.75. The lowest BCUT2D eigenvalue weighted by atomic mass is 10.1. The number of ether oxygens (including phenoxy) is 1. The highest BCUT2D eigenvalue weighted by Crippen LogP contribution is 2.26. The Morgan fingerprint density at radius 1 is 1.20 bits per heavy atom. The number of nitrogens with zero attached hydrogens (tertiary/aromatic N) is 2. The fourth-order valence-electron chi connectivity index (χ4n) is 2.88. The zero-order chi connectivity index (χ0) is 16.7. The van der Waals surface area contributed by atoms with Crippen LogP contribution < -0.4 is 10.1 Å². The predicted octanol–water partition coefficient (Wildman–Crippen LogP) is 3.76. The molecule has 1 atom stereocenters. The fourth-order valence-corrected chi connectivity index (χ4v) is 2.88. The van der Waals surface area contributed by atoms with Gasteiger partial charge in [-0.25, -0.2) is 0 Å². The van der Waals surface area contributed by atoms with E-state index in [9.17, 15) is 0 Å². The van der Waals surface area contributed by atoms with E-state index in [-0.39, 0.29) is 17.9 Å². The maximum Gasteiger partial charge on any atom is 0.119 e. The number of halogens is 1. The van der Waals surface area contributed by atoms with Gasteiger partial charge < -0.3 is 20.4 Å². The van der Waals surface area contributed by atoms with E-state index < -0.39 is 0 Å². The second kappa shape index (κ2) is 11.9. The van der Waals surface area contributed by atoms with E-state index in [0.29, 0.717) is 6.04 Å². The van der Waals surface area contributed by atoms with Crippen molar-refractivity contribution < 1.29 is 10.2 Å². The minimum absolute atomic E-state index is 0. The van der Waals surface area contributed by atoms with Gasteiger partial charge in [0.05, 0.1) is 12.6 Å². The highest BCUT2D eigenvalue weighted by Gasteiger charge is 2.08. The van der Waals surface area contributed by atoms with Crippen LogP contribution in [0.5, 0.6) is 5.75 Å². The molecule has 0 spiro atoms. The van der Waals surface area contributed by atoms with Gasteiger partial charge in [0.2, 0.25) is 0 Å². The fraction of sp³-hybridized carbons (Fsp3) is 0.526. The Bertz CT molecular complexity index is 621. The summed E-state index contributed by atoms with van der Waals surface area (Å²) in [6.07, 6.45) is 4.23. The highest BCUT2D eigenvalue weighted by atomic mass is 35.5. The largest absolute Gasteiger partial charge is 0.497 e. The normalized spacial score (nSPS) is 11.6. The Balaban J connectivity index is 0.00000288. The summed E-state index contributed by atoms with van der Waals surface area (Å²) >= 11 is 0. The summed E-state index contributed by atoms with van der Waals surface area (Å²) in [6.45, 7) is 10.1. The lowest BCUT2D eigenvalue weighted by Crippen LogP contribution is -2.25. The molecule has 2 aromatic rings. The number of hydrogen-bond donors (Lipinski definition) is 1. The molecule has 0 radical (unpaired) electrons. The van der Waals surface area contributed by atoms with Crippen LogP contribution >= 0.6 is 12.4 Å². The molecule has 0 aliphatic rings. The molecule has 0 aliphatic heterocycles. The topological polar surface area (TPSA) is 68.9 Å². The lowest BCUT2D eigenvalue weighted by Gasteiger charge is -2.20. The van der Waals surface area contributed by atoms with Crippen molar-refractivity contribution in [2.75, 3.05) is 32.1 Å². The molecule has 0 aliphatic carbocycles. The van der Waals surface area contributed by atoms with Crippen LogP contribution in [-0.4, -0.2) is 48.1 Å². The first kappa shape index (κ1) is 23.4. The minimum atomic E-state index is 0. The van der Waals surface area contributed by atoms with Crippen LogP contribution in [0.2, 0.25) is 0 Å². The molecular weight excluding hydrogens is 338 g/mol. The summed E-state index contributed by atoms with van der Waals surface area (Å²) in [5.74, 6) is 0.864. The number of hydrogen-bond acceptors (Lipinski definition) is 4.